The maximum atomic E-state index is 11.2. The predicted octanol–water partition coefficient (Wildman–Crippen LogP) is 8.55. The molecule has 0 atom stereocenters. The highest BCUT2D eigenvalue weighted by Gasteiger charge is 2.02. The number of hydrogen-bond acceptors (Lipinski definition) is 4. The SMILES string of the molecule is CCCCCCCCCC(=O)OCCC.CCCCCCCCCC(=O)OCCCC. The quantitative estimate of drug-likeness (QED) is 0.132. The van der Waals surface area contributed by atoms with Crippen LogP contribution in [0.2, 0.25) is 0 Å². The second kappa shape index (κ2) is 28.9. The molecule has 0 radical (unpaired) electrons. The summed E-state index contributed by atoms with van der Waals surface area (Å²) < 4.78 is 10.1. The zero-order valence-corrected chi connectivity index (χ0v) is 21.5. The summed E-state index contributed by atoms with van der Waals surface area (Å²) in [5.41, 5.74) is 0. The largest absolute Gasteiger partial charge is 0.466 e. The first kappa shape index (κ1) is 32.1. The van der Waals surface area contributed by atoms with Crippen molar-refractivity contribution >= 4 is 11.9 Å². The Hall–Kier alpha value is -1.06. The first-order valence-corrected chi connectivity index (χ1v) is 13.4. The molecule has 0 saturated carbocycles. The fourth-order valence-corrected chi connectivity index (χ4v) is 3.14. The maximum Gasteiger partial charge on any atom is 0.305 e. The van der Waals surface area contributed by atoms with Crippen molar-refractivity contribution in [3.63, 3.8) is 0 Å². The molecular weight excluding hydrogens is 388 g/mol. The molecule has 0 bridgehead atoms. The molecule has 0 unspecified atom stereocenters. The topological polar surface area (TPSA) is 52.6 Å². The number of unbranched alkanes of at least 4 members (excludes halogenated alkanes) is 13. The van der Waals surface area contributed by atoms with Crippen LogP contribution < -0.4 is 0 Å². The fourth-order valence-electron chi connectivity index (χ4n) is 3.14. The molecule has 0 amide bonds. The standard InChI is InChI=1S/C14H28O2.C13H26O2/c1-3-5-7-8-9-10-11-12-14(15)16-13-6-4-2;1-3-5-6-7-8-9-10-11-13(14)15-12-4-2/h3-13H2,1-2H3;3-12H2,1-2H3. The molecule has 186 valence electrons. The van der Waals surface area contributed by atoms with Crippen LogP contribution in [0.4, 0.5) is 0 Å². The van der Waals surface area contributed by atoms with Crippen LogP contribution >= 0.6 is 0 Å². The van der Waals surface area contributed by atoms with Gasteiger partial charge in [0.15, 0.2) is 0 Å². The van der Waals surface area contributed by atoms with Crippen molar-refractivity contribution in [3.8, 4) is 0 Å². The molecule has 0 aliphatic heterocycles. The Morgan fingerprint density at radius 2 is 0.774 bits per heavy atom. The van der Waals surface area contributed by atoms with Crippen molar-refractivity contribution in [2.75, 3.05) is 13.2 Å². The highest BCUT2D eigenvalue weighted by Crippen LogP contribution is 2.09. The number of carbonyl (C=O) groups excluding carboxylic acids is 2. The number of ether oxygens (including phenoxy) is 2. The van der Waals surface area contributed by atoms with Crippen molar-refractivity contribution in [3.05, 3.63) is 0 Å². The first-order chi connectivity index (χ1) is 15.1. The van der Waals surface area contributed by atoms with Gasteiger partial charge in [-0.3, -0.25) is 9.59 Å². The molecule has 0 spiro atoms. The molecule has 0 aromatic carbocycles. The van der Waals surface area contributed by atoms with Gasteiger partial charge in [-0.05, 0) is 25.7 Å². The van der Waals surface area contributed by atoms with E-state index in [0.717, 1.165) is 32.1 Å². The lowest BCUT2D eigenvalue weighted by atomic mass is 10.1. The number of hydrogen-bond donors (Lipinski definition) is 0. The summed E-state index contributed by atoms with van der Waals surface area (Å²) in [5.74, 6) is -0.0348. The van der Waals surface area contributed by atoms with Gasteiger partial charge < -0.3 is 9.47 Å². The molecule has 31 heavy (non-hydrogen) atoms. The molecule has 4 heteroatoms. The van der Waals surface area contributed by atoms with E-state index >= 15 is 0 Å². The highest BCUT2D eigenvalue weighted by atomic mass is 16.5. The van der Waals surface area contributed by atoms with E-state index in [-0.39, 0.29) is 11.9 Å². The smallest absolute Gasteiger partial charge is 0.305 e. The van der Waals surface area contributed by atoms with Gasteiger partial charge in [-0.2, -0.15) is 0 Å². The molecular formula is C27H54O4. The van der Waals surface area contributed by atoms with Crippen molar-refractivity contribution < 1.29 is 19.1 Å². The highest BCUT2D eigenvalue weighted by molar-refractivity contribution is 5.69. The Kier molecular flexibility index (Phi) is 30.0. The Morgan fingerprint density at radius 3 is 1.16 bits per heavy atom. The van der Waals surface area contributed by atoms with Gasteiger partial charge in [0.2, 0.25) is 0 Å². The van der Waals surface area contributed by atoms with E-state index in [2.05, 4.69) is 20.8 Å². The number of carbonyl (C=O) groups is 2. The minimum Gasteiger partial charge on any atom is -0.466 e. The molecule has 0 aromatic rings. The van der Waals surface area contributed by atoms with Crippen LogP contribution in [-0.4, -0.2) is 25.2 Å². The van der Waals surface area contributed by atoms with Crippen LogP contribution in [0.25, 0.3) is 0 Å². The average molecular weight is 443 g/mol. The summed E-state index contributed by atoms with van der Waals surface area (Å²) in [6.07, 6.45) is 21.7. The fraction of sp³-hybridized carbons (Fsp3) is 0.926. The Morgan fingerprint density at radius 1 is 0.419 bits per heavy atom. The zero-order valence-electron chi connectivity index (χ0n) is 21.5. The van der Waals surface area contributed by atoms with E-state index in [1.807, 2.05) is 6.92 Å². The molecule has 0 rings (SSSR count). The minimum absolute atomic E-state index is 0.0120. The van der Waals surface area contributed by atoms with Crippen molar-refractivity contribution in [1.82, 2.24) is 0 Å². The summed E-state index contributed by atoms with van der Waals surface area (Å²) in [7, 11) is 0. The van der Waals surface area contributed by atoms with Gasteiger partial charge in [-0.15, -0.1) is 0 Å². The molecule has 0 aliphatic rings. The van der Waals surface area contributed by atoms with Crippen LogP contribution in [0.5, 0.6) is 0 Å². The van der Waals surface area contributed by atoms with Crippen LogP contribution in [0.3, 0.4) is 0 Å². The molecule has 0 heterocycles. The lowest BCUT2D eigenvalue weighted by Crippen LogP contribution is -2.05. The minimum atomic E-state index is -0.0228. The second-order valence-corrected chi connectivity index (χ2v) is 8.54. The zero-order chi connectivity index (χ0) is 23.4. The summed E-state index contributed by atoms with van der Waals surface area (Å²) in [6.45, 7) is 9.75. The van der Waals surface area contributed by atoms with E-state index in [4.69, 9.17) is 9.47 Å². The lowest BCUT2D eigenvalue weighted by Gasteiger charge is -2.03. The molecule has 4 nitrogen and oxygen atoms in total. The van der Waals surface area contributed by atoms with E-state index in [1.54, 1.807) is 0 Å². The molecule has 0 N–H and O–H groups in total. The van der Waals surface area contributed by atoms with Crippen molar-refractivity contribution in [1.29, 1.82) is 0 Å². The third kappa shape index (κ3) is 31.2. The van der Waals surface area contributed by atoms with Gasteiger partial charge in [0.25, 0.3) is 0 Å². The van der Waals surface area contributed by atoms with E-state index < -0.39 is 0 Å². The van der Waals surface area contributed by atoms with E-state index in [1.165, 1.54) is 77.0 Å². The van der Waals surface area contributed by atoms with Gasteiger partial charge in [0.1, 0.15) is 0 Å². The van der Waals surface area contributed by atoms with Crippen LogP contribution in [-0.2, 0) is 19.1 Å². The monoisotopic (exact) mass is 442 g/mol. The predicted molar refractivity (Wildman–Crippen MR) is 132 cm³/mol. The van der Waals surface area contributed by atoms with Crippen molar-refractivity contribution in [2.45, 2.75) is 150 Å². The summed E-state index contributed by atoms with van der Waals surface area (Å²) in [6, 6.07) is 0. The normalized spacial score (nSPS) is 10.3. The third-order valence-corrected chi connectivity index (χ3v) is 5.20. The van der Waals surface area contributed by atoms with Crippen molar-refractivity contribution in [2.24, 2.45) is 0 Å². The maximum absolute atomic E-state index is 11.2. The molecule has 0 saturated heterocycles. The molecule has 0 aromatic heterocycles. The Bertz CT molecular complexity index is 368. The number of rotatable bonds is 21. The van der Waals surface area contributed by atoms with Gasteiger partial charge in [0, 0.05) is 12.8 Å². The van der Waals surface area contributed by atoms with E-state index in [0.29, 0.717) is 26.1 Å². The second-order valence-electron chi connectivity index (χ2n) is 8.54. The van der Waals surface area contributed by atoms with Gasteiger partial charge in [-0.1, -0.05) is 111 Å². The van der Waals surface area contributed by atoms with Gasteiger partial charge in [-0.25, -0.2) is 0 Å². The van der Waals surface area contributed by atoms with E-state index in [9.17, 15) is 9.59 Å². The summed E-state index contributed by atoms with van der Waals surface area (Å²) in [4.78, 5) is 22.3. The average Bonchev–Trinajstić information content (AvgIpc) is 2.77. The van der Waals surface area contributed by atoms with Crippen LogP contribution in [0, 0.1) is 0 Å². The Labute approximate surface area is 194 Å². The van der Waals surface area contributed by atoms with Crippen LogP contribution in [0.1, 0.15) is 150 Å². The summed E-state index contributed by atoms with van der Waals surface area (Å²) in [5, 5.41) is 0. The lowest BCUT2D eigenvalue weighted by molar-refractivity contribution is -0.144. The molecule has 0 fully saturated rings. The van der Waals surface area contributed by atoms with Gasteiger partial charge in [0.05, 0.1) is 13.2 Å². The Balaban J connectivity index is 0. The number of esters is 2. The van der Waals surface area contributed by atoms with Crippen LogP contribution in [0.15, 0.2) is 0 Å². The molecule has 0 aliphatic carbocycles. The summed E-state index contributed by atoms with van der Waals surface area (Å²) >= 11 is 0. The first-order valence-electron chi connectivity index (χ1n) is 13.4. The third-order valence-electron chi connectivity index (χ3n) is 5.20. The van der Waals surface area contributed by atoms with Gasteiger partial charge >= 0.3 is 11.9 Å².